The number of furan rings is 1. The molecule has 0 spiro atoms. The number of aromatic nitrogens is 1. The van der Waals surface area contributed by atoms with Gasteiger partial charge in [0.2, 0.25) is 0 Å². The average Bonchev–Trinajstić information content (AvgIpc) is 3.35. The van der Waals surface area contributed by atoms with Crippen LogP contribution in [0.5, 0.6) is 0 Å². The molecule has 1 aromatic carbocycles. The lowest BCUT2D eigenvalue weighted by atomic mass is 10.0. The van der Waals surface area contributed by atoms with Crippen molar-refractivity contribution in [3.63, 3.8) is 0 Å². The Kier molecular flexibility index (Phi) is 6.58. The van der Waals surface area contributed by atoms with E-state index in [1.54, 1.807) is 24.9 Å². The van der Waals surface area contributed by atoms with Gasteiger partial charge in [-0.25, -0.2) is 0 Å². The monoisotopic (exact) mass is 453 g/mol. The van der Waals surface area contributed by atoms with E-state index in [4.69, 9.17) is 21.4 Å². The number of thiocarbonyl (C=S) groups is 1. The minimum absolute atomic E-state index is 0.0365. The van der Waals surface area contributed by atoms with Crippen LogP contribution < -0.4 is 5.32 Å². The Labute approximate surface area is 191 Å². The summed E-state index contributed by atoms with van der Waals surface area (Å²) < 4.78 is 11.4. The molecule has 1 N–H and O–H groups in total. The minimum Gasteiger partial charge on any atom is -0.465 e. The Bertz CT molecular complexity index is 1050. The summed E-state index contributed by atoms with van der Waals surface area (Å²) in [6.07, 6.45) is 1.74. The standard InChI is InChI=1S/C23H23N3O3S2/c1-3-28-19(27)14-26-22(21(25-23(26)30)17-6-4-5-13-24-17)18-11-12-20(29-18)31-16-9-7-15(2)8-10-16/h4-13,21-22H,3,14H2,1-2H3,(H,25,30)/t21-,22+/m0/s1. The molecule has 0 aliphatic carbocycles. The number of pyridine rings is 1. The van der Waals surface area contributed by atoms with E-state index in [1.807, 2.05) is 35.2 Å². The molecular formula is C23H23N3O3S2. The maximum Gasteiger partial charge on any atom is 0.325 e. The van der Waals surface area contributed by atoms with E-state index in [0.717, 1.165) is 15.7 Å². The topological polar surface area (TPSA) is 67.6 Å². The summed E-state index contributed by atoms with van der Waals surface area (Å²) in [6.45, 7) is 4.20. The zero-order valence-corrected chi connectivity index (χ0v) is 18.9. The molecule has 1 saturated heterocycles. The highest BCUT2D eigenvalue weighted by Gasteiger charge is 2.42. The highest BCUT2D eigenvalue weighted by Crippen LogP contribution is 2.41. The quantitative estimate of drug-likeness (QED) is 0.409. The van der Waals surface area contributed by atoms with Gasteiger partial charge < -0.3 is 19.4 Å². The molecule has 2 aromatic heterocycles. The number of hydrogen-bond donors (Lipinski definition) is 1. The zero-order valence-electron chi connectivity index (χ0n) is 17.3. The van der Waals surface area contributed by atoms with Crippen LogP contribution in [0.1, 0.15) is 36.0 Å². The van der Waals surface area contributed by atoms with Crippen LogP contribution in [-0.2, 0) is 9.53 Å². The number of hydrogen-bond acceptors (Lipinski definition) is 6. The van der Waals surface area contributed by atoms with Gasteiger partial charge in [0.25, 0.3) is 0 Å². The number of aryl methyl sites for hydroxylation is 1. The number of esters is 1. The Morgan fingerprint density at radius 2 is 2.03 bits per heavy atom. The lowest BCUT2D eigenvalue weighted by molar-refractivity contribution is -0.143. The number of carbonyl (C=O) groups excluding carboxylic acids is 1. The number of carbonyl (C=O) groups is 1. The predicted octanol–water partition coefficient (Wildman–Crippen LogP) is 4.67. The number of nitrogens with one attached hydrogen (secondary N) is 1. The van der Waals surface area contributed by atoms with E-state index in [-0.39, 0.29) is 24.6 Å². The van der Waals surface area contributed by atoms with Crippen LogP contribution in [0.3, 0.4) is 0 Å². The molecule has 0 radical (unpaired) electrons. The summed E-state index contributed by atoms with van der Waals surface area (Å²) in [4.78, 5) is 19.6. The molecule has 31 heavy (non-hydrogen) atoms. The van der Waals surface area contributed by atoms with Crippen molar-refractivity contribution in [1.29, 1.82) is 0 Å². The molecule has 4 rings (SSSR count). The summed E-state index contributed by atoms with van der Waals surface area (Å²) in [5.74, 6) is 0.376. The van der Waals surface area contributed by atoms with Gasteiger partial charge in [-0.3, -0.25) is 9.78 Å². The lowest BCUT2D eigenvalue weighted by Crippen LogP contribution is -2.35. The van der Waals surface area contributed by atoms with E-state index < -0.39 is 0 Å². The van der Waals surface area contributed by atoms with Gasteiger partial charge in [-0.2, -0.15) is 0 Å². The smallest absolute Gasteiger partial charge is 0.325 e. The van der Waals surface area contributed by atoms with Gasteiger partial charge in [0, 0.05) is 11.1 Å². The van der Waals surface area contributed by atoms with Crippen molar-refractivity contribution in [2.24, 2.45) is 0 Å². The second-order valence-corrected chi connectivity index (χ2v) is 8.60. The van der Waals surface area contributed by atoms with Crippen molar-refractivity contribution < 1.29 is 13.9 Å². The van der Waals surface area contributed by atoms with Gasteiger partial charge in [0.1, 0.15) is 18.3 Å². The van der Waals surface area contributed by atoms with E-state index in [9.17, 15) is 4.79 Å². The van der Waals surface area contributed by atoms with Gasteiger partial charge in [-0.15, -0.1) is 0 Å². The summed E-state index contributed by atoms with van der Waals surface area (Å²) in [6, 6.07) is 17.3. The van der Waals surface area contributed by atoms with Crippen molar-refractivity contribution in [3.8, 4) is 0 Å². The lowest BCUT2D eigenvalue weighted by Gasteiger charge is -2.25. The molecule has 8 heteroatoms. The fourth-order valence-electron chi connectivity index (χ4n) is 3.50. The molecule has 0 amide bonds. The molecule has 6 nitrogen and oxygen atoms in total. The van der Waals surface area contributed by atoms with E-state index in [1.165, 1.54) is 5.56 Å². The predicted molar refractivity (Wildman–Crippen MR) is 123 cm³/mol. The number of ether oxygens (including phenoxy) is 1. The second-order valence-electron chi connectivity index (χ2n) is 7.13. The van der Waals surface area contributed by atoms with Crippen LogP contribution in [-0.4, -0.2) is 34.1 Å². The van der Waals surface area contributed by atoms with Crippen LogP contribution >= 0.6 is 24.0 Å². The largest absolute Gasteiger partial charge is 0.465 e. The van der Waals surface area contributed by atoms with Gasteiger partial charge in [-0.1, -0.05) is 35.5 Å². The van der Waals surface area contributed by atoms with Crippen molar-refractivity contribution in [1.82, 2.24) is 15.2 Å². The maximum atomic E-state index is 12.2. The van der Waals surface area contributed by atoms with E-state index in [0.29, 0.717) is 17.5 Å². The molecule has 0 unspecified atom stereocenters. The Morgan fingerprint density at radius 1 is 1.23 bits per heavy atom. The fourth-order valence-corrected chi connectivity index (χ4v) is 4.58. The van der Waals surface area contributed by atoms with Crippen LogP contribution in [0, 0.1) is 6.92 Å². The van der Waals surface area contributed by atoms with Crippen molar-refractivity contribution in [3.05, 3.63) is 77.8 Å². The van der Waals surface area contributed by atoms with Crippen LogP contribution in [0.2, 0.25) is 0 Å². The number of nitrogens with zero attached hydrogens (tertiary/aromatic N) is 2. The average molecular weight is 454 g/mol. The molecule has 3 aromatic rings. The molecule has 0 saturated carbocycles. The summed E-state index contributed by atoms with van der Waals surface area (Å²) in [5.41, 5.74) is 2.04. The molecule has 0 bridgehead atoms. The molecule has 2 atom stereocenters. The van der Waals surface area contributed by atoms with Gasteiger partial charge in [0.05, 0.1) is 18.3 Å². The minimum atomic E-state index is -0.334. The van der Waals surface area contributed by atoms with Crippen molar-refractivity contribution in [2.45, 2.75) is 35.9 Å². The maximum absolute atomic E-state index is 12.2. The summed E-state index contributed by atoms with van der Waals surface area (Å²) in [7, 11) is 0. The third kappa shape index (κ3) is 4.91. The normalized spacial score (nSPS) is 18.1. The number of rotatable bonds is 7. The highest BCUT2D eigenvalue weighted by atomic mass is 32.2. The van der Waals surface area contributed by atoms with Crippen LogP contribution in [0.15, 0.2) is 75.2 Å². The Balaban J connectivity index is 1.63. The first-order chi connectivity index (χ1) is 15.0. The molecule has 1 aliphatic heterocycles. The second kappa shape index (κ2) is 9.53. The molecule has 1 aliphatic rings. The van der Waals surface area contributed by atoms with E-state index >= 15 is 0 Å². The van der Waals surface area contributed by atoms with Gasteiger partial charge >= 0.3 is 5.97 Å². The molecule has 160 valence electrons. The SMILES string of the molecule is CCOC(=O)CN1C(=S)N[C@@H](c2ccccn2)[C@H]1c1ccc(Sc2ccc(C)cc2)o1. The summed E-state index contributed by atoms with van der Waals surface area (Å²) in [5, 5.41) is 4.54. The third-order valence-electron chi connectivity index (χ3n) is 4.94. The fraction of sp³-hybridized carbons (Fsp3) is 0.261. The first kappa shape index (κ1) is 21.4. The number of benzene rings is 1. The highest BCUT2D eigenvalue weighted by molar-refractivity contribution is 7.99. The first-order valence-corrected chi connectivity index (χ1v) is 11.3. The molecule has 3 heterocycles. The van der Waals surface area contributed by atoms with Crippen molar-refractivity contribution >= 4 is 35.1 Å². The van der Waals surface area contributed by atoms with Gasteiger partial charge in [-0.05, 0) is 62.5 Å². The molecular weight excluding hydrogens is 430 g/mol. The Hall–Kier alpha value is -2.84. The van der Waals surface area contributed by atoms with Crippen molar-refractivity contribution in [2.75, 3.05) is 13.2 Å². The van der Waals surface area contributed by atoms with Crippen LogP contribution in [0.25, 0.3) is 0 Å². The van der Waals surface area contributed by atoms with Gasteiger partial charge in [0.15, 0.2) is 10.2 Å². The zero-order chi connectivity index (χ0) is 21.8. The van der Waals surface area contributed by atoms with E-state index in [2.05, 4.69) is 41.5 Å². The first-order valence-electron chi connectivity index (χ1n) is 10.0. The Morgan fingerprint density at radius 3 is 2.74 bits per heavy atom. The van der Waals surface area contributed by atoms with Crippen LogP contribution in [0.4, 0.5) is 0 Å². The molecule has 1 fully saturated rings. The third-order valence-corrected chi connectivity index (χ3v) is 6.22. The summed E-state index contributed by atoms with van der Waals surface area (Å²) >= 11 is 7.10.